The number of thiazole rings is 1. The van der Waals surface area contributed by atoms with E-state index in [1.54, 1.807) is 42.5 Å². The number of hydrogen-bond donors (Lipinski definition) is 1. The number of methoxy groups -OCH3 is 2. The van der Waals surface area contributed by atoms with E-state index in [1.807, 2.05) is 25.1 Å². The number of aliphatic hydroxyl groups is 1. The van der Waals surface area contributed by atoms with Crippen LogP contribution in [-0.4, -0.2) is 36.0 Å². The molecule has 9 heteroatoms. The van der Waals surface area contributed by atoms with E-state index in [1.165, 1.54) is 30.5 Å². The fourth-order valence-electron chi connectivity index (χ4n) is 4.26. The summed E-state index contributed by atoms with van der Waals surface area (Å²) in [4.78, 5) is 32.9. The standard InChI is InChI=1S/C27H21ClN2O5S/c1-14-4-10-19-21(12-14)36-27(29-19)30-23(18-13-17(34-2)9-11-20(18)35-3)22(25(32)26(30)33)24(31)15-5-7-16(28)8-6-15/h4-13,23,31H,1-3H3/t23-/m1/s1. The van der Waals surface area contributed by atoms with Crippen LogP contribution in [0.2, 0.25) is 5.02 Å². The van der Waals surface area contributed by atoms with Gasteiger partial charge >= 0.3 is 5.91 Å². The maximum Gasteiger partial charge on any atom is 0.301 e. The molecular weight excluding hydrogens is 500 g/mol. The first-order valence-corrected chi connectivity index (χ1v) is 12.2. The summed E-state index contributed by atoms with van der Waals surface area (Å²) in [6.07, 6.45) is 0. The summed E-state index contributed by atoms with van der Waals surface area (Å²) in [5, 5.41) is 12.1. The summed E-state index contributed by atoms with van der Waals surface area (Å²) >= 11 is 7.31. The van der Waals surface area contributed by atoms with E-state index in [9.17, 15) is 14.7 Å². The summed E-state index contributed by atoms with van der Waals surface area (Å²) in [5.74, 6) is -1.02. The van der Waals surface area contributed by atoms with Crippen molar-refractivity contribution >= 4 is 55.7 Å². The van der Waals surface area contributed by atoms with E-state index >= 15 is 0 Å². The average Bonchev–Trinajstić information content (AvgIpc) is 3.41. The van der Waals surface area contributed by atoms with Gasteiger partial charge in [-0.2, -0.15) is 0 Å². The number of carbonyl (C=O) groups excluding carboxylic acids is 2. The SMILES string of the molecule is COc1ccc(OC)c([C@@H]2C(=C(O)c3ccc(Cl)cc3)C(=O)C(=O)N2c2nc3ccc(C)cc3s2)c1. The zero-order chi connectivity index (χ0) is 25.6. The van der Waals surface area contributed by atoms with Gasteiger partial charge in [-0.05, 0) is 67.1 Å². The first-order valence-electron chi connectivity index (χ1n) is 11.0. The molecule has 1 aliphatic heterocycles. The molecule has 0 bridgehead atoms. The molecule has 1 aromatic heterocycles. The van der Waals surface area contributed by atoms with Gasteiger partial charge in [-0.25, -0.2) is 4.98 Å². The third kappa shape index (κ3) is 3.98. The highest BCUT2D eigenvalue weighted by molar-refractivity contribution is 7.22. The smallest absolute Gasteiger partial charge is 0.301 e. The van der Waals surface area contributed by atoms with Gasteiger partial charge in [0.1, 0.15) is 23.3 Å². The molecule has 0 radical (unpaired) electrons. The first-order chi connectivity index (χ1) is 17.3. The van der Waals surface area contributed by atoms with Crippen LogP contribution in [0.5, 0.6) is 11.5 Å². The Labute approximate surface area is 216 Å². The summed E-state index contributed by atoms with van der Waals surface area (Å²) in [6, 6.07) is 16.2. The number of aliphatic hydroxyl groups excluding tert-OH is 1. The topological polar surface area (TPSA) is 89.0 Å². The van der Waals surface area contributed by atoms with Gasteiger partial charge in [0.05, 0.1) is 30.0 Å². The Balaban J connectivity index is 1.78. The molecule has 1 fully saturated rings. The Morgan fingerprint density at radius 1 is 1.03 bits per heavy atom. The number of nitrogens with zero attached hydrogens (tertiary/aromatic N) is 2. The molecule has 4 aromatic rings. The Kier molecular flexibility index (Phi) is 6.15. The minimum atomic E-state index is -1.01. The van der Waals surface area contributed by atoms with Crippen LogP contribution >= 0.6 is 22.9 Å². The van der Waals surface area contributed by atoms with E-state index in [0.717, 1.165) is 10.3 Å². The number of aryl methyl sites for hydroxylation is 1. The van der Waals surface area contributed by atoms with Crippen LogP contribution in [-0.2, 0) is 9.59 Å². The average molecular weight is 521 g/mol. The fraction of sp³-hybridized carbons (Fsp3) is 0.148. The summed E-state index contributed by atoms with van der Waals surface area (Å²) in [6.45, 7) is 1.97. The van der Waals surface area contributed by atoms with Crippen molar-refractivity contribution in [3.05, 3.63) is 87.9 Å². The lowest BCUT2D eigenvalue weighted by Crippen LogP contribution is -2.29. The Morgan fingerprint density at radius 2 is 1.78 bits per heavy atom. The number of rotatable bonds is 5. The number of fused-ring (bicyclic) bond motifs is 1. The van der Waals surface area contributed by atoms with E-state index in [-0.39, 0.29) is 11.3 Å². The van der Waals surface area contributed by atoms with Crippen molar-refractivity contribution in [1.29, 1.82) is 0 Å². The van der Waals surface area contributed by atoms with E-state index in [4.69, 9.17) is 21.1 Å². The number of anilines is 1. The normalized spacial score (nSPS) is 17.1. The number of benzene rings is 3. The molecular formula is C27H21ClN2O5S. The maximum atomic E-state index is 13.5. The lowest BCUT2D eigenvalue weighted by molar-refractivity contribution is -0.132. The molecule has 1 N–H and O–H groups in total. The molecule has 0 aliphatic carbocycles. The Hall–Kier alpha value is -3.88. The largest absolute Gasteiger partial charge is 0.507 e. The van der Waals surface area contributed by atoms with Crippen LogP contribution in [0.1, 0.15) is 22.7 Å². The predicted molar refractivity (Wildman–Crippen MR) is 140 cm³/mol. The van der Waals surface area contributed by atoms with Gasteiger partial charge in [0.15, 0.2) is 5.13 Å². The monoisotopic (exact) mass is 520 g/mol. The molecule has 2 heterocycles. The molecule has 1 amide bonds. The third-order valence-corrected chi connectivity index (χ3v) is 7.30. The zero-order valence-electron chi connectivity index (χ0n) is 19.6. The lowest BCUT2D eigenvalue weighted by atomic mass is 9.94. The molecule has 0 unspecified atom stereocenters. The molecule has 1 saturated heterocycles. The second-order valence-electron chi connectivity index (χ2n) is 8.25. The molecule has 7 nitrogen and oxygen atoms in total. The number of amides is 1. The van der Waals surface area contributed by atoms with Gasteiger partial charge in [0, 0.05) is 16.1 Å². The number of hydrogen-bond acceptors (Lipinski definition) is 7. The molecule has 36 heavy (non-hydrogen) atoms. The Morgan fingerprint density at radius 3 is 2.47 bits per heavy atom. The highest BCUT2D eigenvalue weighted by Crippen LogP contribution is 2.47. The van der Waals surface area contributed by atoms with Gasteiger partial charge in [0.25, 0.3) is 5.78 Å². The number of carbonyl (C=O) groups is 2. The van der Waals surface area contributed by atoms with Crippen LogP contribution in [0, 0.1) is 6.92 Å². The van der Waals surface area contributed by atoms with Crippen molar-refractivity contribution in [1.82, 2.24) is 4.98 Å². The van der Waals surface area contributed by atoms with Crippen LogP contribution < -0.4 is 14.4 Å². The van der Waals surface area contributed by atoms with Gasteiger partial charge in [-0.3, -0.25) is 14.5 Å². The van der Waals surface area contributed by atoms with E-state index < -0.39 is 17.7 Å². The van der Waals surface area contributed by atoms with Crippen LogP contribution in [0.25, 0.3) is 16.0 Å². The number of halogens is 1. The lowest BCUT2D eigenvalue weighted by Gasteiger charge is -2.25. The first kappa shape index (κ1) is 23.8. The molecule has 182 valence electrons. The Bertz CT molecular complexity index is 1540. The highest BCUT2D eigenvalue weighted by atomic mass is 35.5. The number of Topliss-reactive ketones (excluding diaryl/α,β-unsaturated/α-hetero) is 1. The molecule has 1 aliphatic rings. The van der Waals surface area contributed by atoms with Crippen molar-refractivity contribution < 1.29 is 24.2 Å². The third-order valence-electron chi connectivity index (χ3n) is 6.03. The minimum absolute atomic E-state index is 0.0793. The highest BCUT2D eigenvalue weighted by Gasteiger charge is 2.49. The molecule has 0 spiro atoms. The van der Waals surface area contributed by atoms with Gasteiger partial charge in [-0.15, -0.1) is 0 Å². The van der Waals surface area contributed by atoms with Crippen molar-refractivity contribution in [3.8, 4) is 11.5 Å². The number of ether oxygens (including phenoxy) is 2. The summed E-state index contributed by atoms with van der Waals surface area (Å²) < 4.78 is 11.9. The molecule has 3 aromatic carbocycles. The van der Waals surface area contributed by atoms with Crippen molar-refractivity contribution in [3.63, 3.8) is 0 Å². The van der Waals surface area contributed by atoms with Crippen LogP contribution in [0.4, 0.5) is 5.13 Å². The van der Waals surface area contributed by atoms with Crippen LogP contribution in [0.15, 0.2) is 66.2 Å². The second kappa shape index (κ2) is 9.29. The van der Waals surface area contributed by atoms with Crippen molar-refractivity contribution in [2.75, 3.05) is 19.1 Å². The second-order valence-corrected chi connectivity index (χ2v) is 9.70. The minimum Gasteiger partial charge on any atom is -0.507 e. The molecule has 1 atom stereocenters. The number of ketones is 1. The van der Waals surface area contributed by atoms with Gasteiger partial charge in [-0.1, -0.05) is 29.0 Å². The van der Waals surface area contributed by atoms with Crippen molar-refractivity contribution in [2.24, 2.45) is 0 Å². The van der Waals surface area contributed by atoms with E-state index in [0.29, 0.717) is 38.3 Å². The molecule has 0 saturated carbocycles. The summed E-state index contributed by atoms with van der Waals surface area (Å²) in [7, 11) is 3.02. The zero-order valence-corrected chi connectivity index (χ0v) is 21.2. The predicted octanol–water partition coefficient (Wildman–Crippen LogP) is 5.90. The fourth-order valence-corrected chi connectivity index (χ4v) is 5.48. The quantitative estimate of drug-likeness (QED) is 0.200. The molecule has 5 rings (SSSR count). The number of aromatic nitrogens is 1. The van der Waals surface area contributed by atoms with Crippen molar-refractivity contribution in [2.45, 2.75) is 13.0 Å². The summed E-state index contributed by atoms with van der Waals surface area (Å²) in [5.41, 5.74) is 2.50. The van der Waals surface area contributed by atoms with Gasteiger partial charge < -0.3 is 14.6 Å². The maximum absolute atomic E-state index is 13.5. The van der Waals surface area contributed by atoms with Crippen LogP contribution in [0.3, 0.4) is 0 Å². The van der Waals surface area contributed by atoms with Gasteiger partial charge in [0.2, 0.25) is 0 Å². The van der Waals surface area contributed by atoms with E-state index in [2.05, 4.69) is 4.98 Å².